The minimum Gasteiger partial charge on any atom is -0.493 e. The Kier molecular flexibility index (Phi) is 4.94. The van der Waals surface area contributed by atoms with Crippen LogP contribution in [0.25, 0.3) is 0 Å². The molecule has 0 aliphatic heterocycles. The average Bonchev–Trinajstić information content (AvgIpc) is 2.48. The van der Waals surface area contributed by atoms with Crippen molar-refractivity contribution in [2.75, 3.05) is 19.0 Å². The molecule has 1 heterocycles. The van der Waals surface area contributed by atoms with Crippen molar-refractivity contribution in [3.63, 3.8) is 0 Å². The van der Waals surface area contributed by atoms with Gasteiger partial charge in [-0.1, -0.05) is 11.6 Å². The summed E-state index contributed by atoms with van der Waals surface area (Å²) in [5.74, 6) is 0.741. The number of carbonyl (C=O) groups is 1. The first-order chi connectivity index (χ1) is 10.1. The van der Waals surface area contributed by atoms with Gasteiger partial charge in [0.2, 0.25) is 0 Å². The van der Waals surface area contributed by atoms with E-state index in [4.69, 9.17) is 21.1 Å². The molecule has 0 saturated heterocycles. The molecule has 0 aliphatic carbocycles. The van der Waals surface area contributed by atoms with Gasteiger partial charge < -0.3 is 14.8 Å². The third kappa shape index (κ3) is 3.82. The number of hydrogen-bond donors (Lipinski definition) is 1. The molecule has 0 bridgehead atoms. The Balaban J connectivity index is 2.19. The summed E-state index contributed by atoms with van der Waals surface area (Å²) in [6.07, 6.45) is 2.70. The summed E-state index contributed by atoms with van der Waals surface area (Å²) >= 11 is 5.71. The molecular formula is C14H14ClN3O3. The molecule has 0 radical (unpaired) electrons. The Labute approximate surface area is 127 Å². The summed E-state index contributed by atoms with van der Waals surface area (Å²) in [4.78, 5) is 19.8. The number of carbonyl (C=O) groups excluding carboxylic acids is 1. The van der Waals surface area contributed by atoms with Gasteiger partial charge in [0.1, 0.15) is 10.8 Å². The first-order valence-corrected chi connectivity index (χ1v) is 6.61. The van der Waals surface area contributed by atoms with Gasteiger partial charge in [0.05, 0.1) is 26.1 Å². The maximum Gasteiger partial charge on any atom is 0.275 e. The molecule has 1 aromatic heterocycles. The van der Waals surface area contributed by atoms with Crippen molar-refractivity contribution < 1.29 is 14.3 Å². The number of halogens is 1. The Hall–Kier alpha value is -2.34. The fourth-order valence-electron chi connectivity index (χ4n) is 1.67. The van der Waals surface area contributed by atoms with Crippen LogP contribution in [0.5, 0.6) is 11.5 Å². The van der Waals surface area contributed by atoms with Crippen molar-refractivity contribution in [2.45, 2.75) is 6.92 Å². The van der Waals surface area contributed by atoms with Crippen molar-refractivity contribution in [3.05, 3.63) is 41.4 Å². The number of rotatable bonds is 5. The lowest BCUT2D eigenvalue weighted by atomic mass is 10.2. The van der Waals surface area contributed by atoms with Crippen LogP contribution in [0.4, 0.5) is 5.69 Å². The number of ether oxygens (including phenoxy) is 2. The summed E-state index contributed by atoms with van der Waals surface area (Å²) in [6, 6.07) is 5.10. The first-order valence-electron chi connectivity index (χ1n) is 6.23. The molecule has 1 aromatic carbocycles. The van der Waals surface area contributed by atoms with Crippen LogP contribution in [-0.2, 0) is 0 Å². The second-order valence-corrected chi connectivity index (χ2v) is 4.37. The summed E-state index contributed by atoms with van der Waals surface area (Å²) in [5, 5.41) is 2.86. The largest absolute Gasteiger partial charge is 0.493 e. The van der Waals surface area contributed by atoms with E-state index in [0.29, 0.717) is 23.8 Å². The van der Waals surface area contributed by atoms with E-state index in [0.717, 1.165) is 0 Å². The zero-order valence-electron chi connectivity index (χ0n) is 11.6. The molecule has 1 N–H and O–H groups in total. The lowest BCUT2D eigenvalue weighted by molar-refractivity contribution is 0.102. The highest BCUT2D eigenvalue weighted by Crippen LogP contribution is 2.30. The number of amides is 1. The van der Waals surface area contributed by atoms with Crippen LogP contribution in [0.1, 0.15) is 17.4 Å². The van der Waals surface area contributed by atoms with Crippen molar-refractivity contribution in [3.8, 4) is 11.5 Å². The van der Waals surface area contributed by atoms with Gasteiger partial charge in [-0.2, -0.15) is 0 Å². The van der Waals surface area contributed by atoms with E-state index in [2.05, 4.69) is 15.3 Å². The summed E-state index contributed by atoms with van der Waals surface area (Å²) in [6.45, 7) is 2.36. The maximum absolute atomic E-state index is 12.0. The Morgan fingerprint density at radius 2 is 2.14 bits per heavy atom. The third-order valence-electron chi connectivity index (χ3n) is 2.56. The molecule has 7 heteroatoms. The number of aromatic nitrogens is 2. The molecule has 0 unspecified atom stereocenters. The van der Waals surface area contributed by atoms with Crippen molar-refractivity contribution in [2.24, 2.45) is 0 Å². The highest BCUT2D eigenvalue weighted by molar-refractivity contribution is 6.29. The Bertz CT molecular complexity index is 649. The van der Waals surface area contributed by atoms with Gasteiger partial charge in [-0.3, -0.25) is 9.78 Å². The number of methoxy groups -OCH3 is 1. The topological polar surface area (TPSA) is 73.3 Å². The zero-order chi connectivity index (χ0) is 15.2. The van der Waals surface area contributed by atoms with E-state index < -0.39 is 5.91 Å². The van der Waals surface area contributed by atoms with Gasteiger partial charge in [-0.25, -0.2) is 4.98 Å². The maximum atomic E-state index is 12.0. The van der Waals surface area contributed by atoms with Gasteiger partial charge >= 0.3 is 0 Å². The quantitative estimate of drug-likeness (QED) is 0.919. The third-order valence-corrected chi connectivity index (χ3v) is 2.74. The van der Waals surface area contributed by atoms with E-state index >= 15 is 0 Å². The molecule has 2 rings (SSSR count). The number of nitrogens with one attached hydrogen (secondary N) is 1. The molecule has 0 atom stereocenters. The normalized spacial score (nSPS) is 10.0. The van der Waals surface area contributed by atoms with Gasteiger partial charge in [-0.15, -0.1) is 0 Å². The number of anilines is 1. The van der Waals surface area contributed by atoms with Gasteiger partial charge in [-0.05, 0) is 19.1 Å². The smallest absolute Gasteiger partial charge is 0.275 e. The van der Waals surface area contributed by atoms with Crippen LogP contribution < -0.4 is 14.8 Å². The van der Waals surface area contributed by atoms with Crippen LogP contribution in [-0.4, -0.2) is 29.6 Å². The van der Waals surface area contributed by atoms with E-state index in [1.807, 2.05) is 6.92 Å². The molecule has 0 aliphatic rings. The number of benzene rings is 1. The fourth-order valence-corrected chi connectivity index (χ4v) is 1.82. The minimum atomic E-state index is -0.405. The monoisotopic (exact) mass is 307 g/mol. The van der Waals surface area contributed by atoms with Gasteiger partial charge in [0.25, 0.3) is 5.91 Å². The average molecular weight is 308 g/mol. The highest BCUT2D eigenvalue weighted by Gasteiger charge is 2.11. The summed E-state index contributed by atoms with van der Waals surface area (Å²) in [7, 11) is 1.55. The lowest BCUT2D eigenvalue weighted by Gasteiger charge is -2.11. The van der Waals surface area contributed by atoms with Crippen LogP contribution >= 0.6 is 11.6 Å². The molecule has 110 valence electrons. The molecule has 0 fully saturated rings. The van der Waals surface area contributed by atoms with Crippen molar-refractivity contribution in [1.82, 2.24) is 9.97 Å². The van der Waals surface area contributed by atoms with Crippen LogP contribution in [0, 0.1) is 0 Å². The van der Waals surface area contributed by atoms with Crippen molar-refractivity contribution in [1.29, 1.82) is 0 Å². The van der Waals surface area contributed by atoms with E-state index in [-0.39, 0.29) is 10.8 Å². The Morgan fingerprint density at radius 1 is 1.33 bits per heavy atom. The molecule has 6 nitrogen and oxygen atoms in total. The molecule has 0 saturated carbocycles. The van der Waals surface area contributed by atoms with Gasteiger partial charge in [0, 0.05) is 11.8 Å². The lowest BCUT2D eigenvalue weighted by Crippen LogP contribution is -2.14. The molecule has 1 amide bonds. The minimum absolute atomic E-state index is 0.135. The number of hydrogen-bond acceptors (Lipinski definition) is 5. The molecule has 21 heavy (non-hydrogen) atoms. The number of nitrogens with zero attached hydrogens (tertiary/aromatic N) is 2. The van der Waals surface area contributed by atoms with Gasteiger partial charge in [0.15, 0.2) is 11.5 Å². The second kappa shape index (κ2) is 6.90. The zero-order valence-corrected chi connectivity index (χ0v) is 12.3. The molecule has 0 spiro atoms. The second-order valence-electron chi connectivity index (χ2n) is 3.98. The van der Waals surface area contributed by atoms with Crippen LogP contribution in [0.2, 0.25) is 5.15 Å². The first kappa shape index (κ1) is 15.1. The Morgan fingerprint density at radius 3 is 2.81 bits per heavy atom. The summed E-state index contributed by atoms with van der Waals surface area (Å²) < 4.78 is 10.6. The summed E-state index contributed by atoms with van der Waals surface area (Å²) in [5.41, 5.74) is 0.697. The SMILES string of the molecule is CCOc1cc(NC(=O)c2cncc(Cl)n2)ccc1OC. The highest BCUT2D eigenvalue weighted by atomic mass is 35.5. The standard InChI is InChI=1S/C14H14ClN3O3/c1-3-21-12-6-9(4-5-11(12)20-2)17-14(19)10-7-16-8-13(15)18-10/h4-8H,3H2,1-2H3,(H,17,19). The molecule has 2 aromatic rings. The van der Waals surface area contributed by atoms with E-state index in [1.54, 1.807) is 25.3 Å². The van der Waals surface area contributed by atoms with Crippen molar-refractivity contribution >= 4 is 23.2 Å². The predicted octanol–water partition coefficient (Wildman–Crippen LogP) is 2.79. The fraction of sp³-hybridized carbons (Fsp3) is 0.214. The van der Waals surface area contributed by atoms with Crippen LogP contribution in [0.15, 0.2) is 30.6 Å². The predicted molar refractivity (Wildman–Crippen MR) is 79.2 cm³/mol. The van der Waals surface area contributed by atoms with E-state index in [1.165, 1.54) is 12.4 Å². The van der Waals surface area contributed by atoms with E-state index in [9.17, 15) is 4.79 Å². The molecular weight excluding hydrogens is 294 g/mol. The van der Waals surface area contributed by atoms with Crippen LogP contribution in [0.3, 0.4) is 0 Å².